The van der Waals surface area contributed by atoms with Gasteiger partial charge in [0.1, 0.15) is 12.3 Å². The van der Waals surface area contributed by atoms with Crippen LogP contribution < -0.4 is 4.90 Å². The Balaban J connectivity index is 1.70. The van der Waals surface area contributed by atoms with Gasteiger partial charge in [0.2, 0.25) is 11.5 Å². The number of benzene rings is 1. The molecule has 1 aliphatic rings. The molecule has 1 amide bonds. The van der Waals surface area contributed by atoms with Gasteiger partial charge in [0.25, 0.3) is 0 Å². The molecule has 8 nitrogen and oxygen atoms in total. The van der Waals surface area contributed by atoms with Crippen LogP contribution in [0.15, 0.2) is 41.9 Å². The van der Waals surface area contributed by atoms with Crippen molar-refractivity contribution in [1.29, 1.82) is 0 Å². The van der Waals surface area contributed by atoms with Crippen molar-refractivity contribution < 1.29 is 36.6 Å². The summed E-state index contributed by atoms with van der Waals surface area (Å²) in [6.07, 6.45) is -6.47. The number of halogens is 5. The van der Waals surface area contributed by atoms with Crippen LogP contribution in [0.2, 0.25) is 0 Å². The van der Waals surface area contributed by atoms with Gasteiger partial charge in [0.15, 0.2) is 5.82 Å². The van der Waals surface area contributed by atoms with Crippen molar-refractivity contribution in [2.24, 2.45) is 0 Å². The number of aromatic nitrogens is 3. The molecule has 0 radical (unpaired) electrons. The third-order valence-corrected chi connectivity index (χ3v) is 7.06. The third-order valence-electron chi connectivity index (χ3n) is 6.31. The van der Waals surface area contributed by atoms with Crippen LogP contribution in [0.25, 0.3) is 16.4 Å². The quantitative estimate of drug-likeness (QED) is 0.290. The number of rotatable bonds is 10. The number of likely N-dealkylation sites (tertiary alicyclic amines) is 1. The van der Waals surface area contributed by atoms with Crippen molar-refractivity contribution in [3.63, 3.8) is 0 Å². The Bertz CT molecular complexity index is 1250. The molecule has 0 bridgehead atoms. The van der Waals surface area contributed by atoms with Crippen LogP contribution in [-0.4, -0.2) is 75.2 Å². The van der Waals surface area contributed by atoms with E-state index in [1.54, 1.807) is 10.3 Å². The van der Waals surface area contributed by atoms with E-state index in [0.717, 1.165) is 22.3 Å². The zero-order valence-electron chi connectivity index (χ0n) is 19.9. The first-order valence-corrected chi connectivity index (χ1v) is 12.6. The first-order valence-electron chi connectivity index (χ1n) is 11.7. The number of alkyl halides is 5. The lowest BCUT2D eigenvalue weighted by Crippen LogP contribution is -2.45. The van der Waals surface area contributed by atoms with Crippen LogP contribution in [-0.2, 0) is 15.8 Å². The molecule has 0 saturated carbocycles. The molecule has 0 aliphatic carbocycles. The summed E-state index contributed by atoms with van der Waals surface area (Å²) in [7, 11) is 0. The highest BCUT2D eigenvalue weighted by atomic mass is 32.1. The largest absolute Gasteiger partial charge is 0.481 e. The second kappa shape index (κ2) is 11.6. The van der Waals surface area contributed by atoms with Gasteiger partial charge in [-0.1, -0.05) is 18.2 Å². The fourth-order valence-corrected chi connectivity index (χ4v) is 5.05. The molecule has 4 rings (SSSR count). The van der Waals surface area contributed by atoms with Gasteiger partial charge in [-0.3, -0.25) is 14.5 Å². The summed E-state index contributed by atoms with van der Waals surface area (Å²) in [6.45, 7) is 0.311. The minimum Gasteiger partial charge on any atom is -0.481 e. The zero-order chi connectivity index (χ0) is 27.4. The standard InChI is InChI=1S/C24H24F5N5O3S/c25-18-6-9-32(13-19(18)26)8-5-15(11-22(36)37)33(14-35)21-12-20(34(31-21)23-30-7-10-38-23)16-3-1-2-4-17(16)24(27,28)29/h1-4,7,10,12,14-15,18-19H,5-6,8-9,11,13H2,(H,36,37)/t15-,18+,19-/m0/s1. The van der Waals surface area contributed by atoms with Gasteiger partial charge in [-0.2, -0.15) is 13.2 Å². The zero-order valence-corrected chi connectivity index (χ0v) is 20.7. The number of carboxylic acid groups (broad SMARTS) is 1. The van der Waals surface area contributed by atoms with Crippen LogP contribution in [0.4, 0.5) is 27.8 Å². The lowest BCUT2D eigenvalue weighted by Gasteiger charge is -2.33. The Morgan fingerprint density at radius 2 is 2.03 bits per heavy atom. The van der Waals surface area contributed by atoms with Crippen LogP contribution >= 0.6 is 11.3 Å². The number of carboxylic acids is 1. The number of anilines is 1. The maximum Gasteiger partial charge on any atom is 0.417 e. The molecule has 1 saturated heterocycles. The number of amides is 1. The molecule has 1 aromatic carbocycles. The van der Waals surface area contributed by atoms with Gasteiger partial charge >= 0.3 is 12.1 Å². The van der Waals surface area contributed by atoms with Gasteiger partial charge in [-0.25, -0.2) is 18.4 Å². The number of carbonyl (C=O) groups excluding carboxylic acids is 1. The number of piperidine rings is 1. The molecule has 14 heteroatoms. The molecule has 0 unspecified atom stereocenters. The summed E-state index contributed by atoms with van der Waals surface area (Å²) in [4.78, 5) is 30.7. The minimum atomic E-state index is -4.67. The first kappa shape index (κ1) is 27.6. The van der Waals surface area contributed by atoms with Gasteiger partial charge < -0.3 is 10.0 Å². The molecule has 0 spiro atoms. The number of hydrogen-bond donors (Lipinski definition) is 1. The van der Waals surface area contributed by atoms with E-state index in [1.165, 1.54) is 35.1 Å². The van der Waals surface area contributed by atoms with E-state index in [-0.39, 0.29) is 54.7 Å². The average molecular weight is 558 g/mol. The fourth-order valence-electron chi connectivity index (χ4n) is 4.45. The highest BCUT2D eigenvalue weighted by Crippen LogP contribution is 2.39. The predicted octanol–water partition coefficient (Wildman–Crippen LogP) is 4.59. The second-order valence-electron chi connectivity index (χ2n) is 8.83. The molecule has 38 heavy (non-hydrogen) atoms. The molecule has 2 aromatic heterocycles. The van der Waals surface area contributed by atoms with E-state index in [4.69, 9.17) is 0 Å². The maximum absolute atomic E-state index is 13.8. The second-order valence-corrected chi connectivity index (χ2v) is 9.70. The Labute approximate surface area is 218 Å². The summed E-state index contributed by atoms with van der Waals surface area (Å²) >= 11 is 1.11. The summed E-state index contributed by atoms with van der Waals surface area (Å²) in [6, 6.07) is 5.23. The summed E-state index contributed by atoms with van der Waals surface area (Å²) < 4.78 is 70.0. The molecule has 1 N–H and O–H groups in total. The van der Waals surface area contributed by atoms with Crippen LogP contribution in [0.3, 0.4) is 0 Å². The number of carbonyl (C=O) groups is 2. The van der Waals surface area contributed by atoms with Crippen molar-refractivity contribution in [3.05, 3.63) is 47.5 Å². The van der Waals surface area contributed by atoms with Crippen molar-refractivity contribution in [1.82, 2.24) is 19.7 Å². The van der Waals surface area contributed by atoms with E-state index in [1.807, 2.05) is 0 Å². The topological polar surface area (TPSA) is 91.6 Å². The van der Waals surface area contributed by atoms with E-state index in [0.29, 0.717) is 6.41 Å². The minimum absolute atomic E-state index is 0.00233. The highest BCUT2D eigenvalue weighted by molar-refractivity contribution is 7.12. The van der Waals surface area contributed by atoms with Crippen LogP contribution in [0.5, 0.6) is 0 Å². The third kappa shape index (κ3) is 6.18. The number of hydrogen-bond acceptors (Lipinski definition) is 6. The summed E-state index contributed by atoms with van der Waals surface area (Å²) in [5.41, 5.74) is -1.10. The lowest BCUT2D eigenvalue weighted by atomic mass is 10.0. The molecule has 3 atom stereocenters. The Hall–Kier alpha value is -3.39. The van der Waals surface area contributed by atoms with Gasteiger partial charge in [-0.05, 0) is 18.9 Å². The first-order chi connectivity index (χ1) is 18.1. The fraction of sp³-hybridized carbons (Fsp3) is 0.417. The Morgan fingerprint density at radius 3 is 2.66 bits per heavy atom. The Morgan fingerprint density at radius 1 is 1.26 bits per heavy atom. The van der Waals surface area contributed by atoms with E-state index in [2.05, 4.69) is 10.1 Å². The summed E-state index contributed by atoms with van der Waals surface area (Å²) in [5, 5.41) is 15.7. The normalized spacial score (nSPS) is 19.3. The molecule has 1 aliphatic heterocycles. The molecule has 3 heterocycles. The number of thiazole rings is 1. The van der Waals surface area contributed by atoms with Crippen molar-refractivity contribution in [2.45, 2.75) is 43.8 Å². The monoisotopic (exact) mass is 557 g/mol. The predicted molar refractivity (Wildman–Crippen MR) is 130 cm³/mol. The molecular formula is C24H24F5N5O3S. The maximum atomic E-state index is 13.8. The van der Waals surface area contributed by atoms with Crippen LogP contribution in [0.1, 0.15) is 24.8 Å². The smallest absolute Gasteiger partial charge is 0.417 e. The lowest BCUT2D eigenvalue weighted by molar-refractivity contribution is -0.138. The van der Waals surface area contributed by atoms with Crippen molar-refractivity contribution in [2.75, 3.05) is 24.5 Å². The Kier molecular flexibility index (Phi) is 8.41. The van der Waals surface area contributed by atoms with Crippen molar-refractivity contribution in [3.8, 4) is 16.4 Å². The van der Waals surface area contributed by atoms with E-state index in [9.17, 15) is 36.6 Å². The molecular weight excluding hydrogens is 533 g/mol. The van der Waals surface area contributed by atoms with Gasteiger partial charge in [0, 0.05) is 48.9 Å². The summed E-state index contributed by atoms with van der Waals surface area (Å²) in [5.74, 6) is -1.28. The SMILES string of the molecule is O=CN(c1cc(-c2ccccc2C(F)(F)F)n(-c2nccs2)n1)[C@@H](CCN1CC[C@@H](F)[C@@H](F)C1)CC(=O)O. The van der Waals surface area contributed by atoms with E-state index >= 15 is 0 Å². The average Bonchev–Trinajstić information content (AvgIpc) is 3.54. The van der Waals surface area contributed by atoms with Crippen LogP contribution in [0, 0.1) is 0 Å². The van der Waals surface area contributed by atoms with Gasteiger partial charge in [-0.15, -0.1) is 16.4 Å². The molecule has 1 fully saturated rings. The number of aliphatic carboxylic acids is 1. The van der Waals surface area contributed by atoms with Crippen molar-refractivity contribution >= 4 is 29.5 Å². The van der Waals surface area contributed by atoms with Gasteiger partial charge in [0.05, 0.1) is 17.7 Å². The molecule has 3 aromatic rings. The molecule has 204 valence electrons. The highest BCUT2D eigenvalue weighted by Gasteiger charge is 2.35. The van der Waals surface area contributed by atoms with E-state index < -0.39 is 42.5 Å². The number of nitrogens with zero attached hydrogens (tertiary/aromatic N) is 5.